The fourth-order valence-corrected chi connectivity index (χ4v) is 2.51. The molecule has 0 spiro atoms. The summed E-state index contributed by atoms with van der Waals surface area (Å²) in [5, 5.41) is 3.78. The zero-order valence-corrected chi connectivity index (χ0v) is 15.9. The number of hydrazone groups is 1. The van der Waals surface area contributed by atoms with Crippen LogP contribution in [0.2, 0.25) is 0 Å². The molecule has 3 aromatic rings. The van der Waals surface area contributed by atoms with Crippen molar-refractivity contribution < 1.29 is 18.7 Å². The SMILES string of the molecule is CCOc1ccc(-c2cncc(C(=O)N/N=C/c3cccc(OC)c3F)n2)cc1. The monoisotopic (exact) mass is 394 g/mol. The molecule has 1 N–H and O–H groups in total. The molecular weight excluding hydrogens is 375 g/mol. The van der Waals surface area contributed by atoms with E-state index < -0.39 is 11.7 Å². The van der Waals surface area contributed by atoms with Crippen molar-refractivity contribution in [1.82, 2.24) is 15.4 Å². The lowest BCUT2D eigenvalue weighted by atomic mass is 10.1. The molecule has 0 fully saturated rings. The number of carbonyl (C=O) groups is 1. The minimum atomic E-state index is -0.565. The van der Waals surface area contributed by atoms with Gasteiger partial charge in [-0.05, 0) is 37.3 Å². The molecule has 0 unspecified atom stereocenters. The van der Waals surface area contributed by atoms with Gasteiger partial charge in [0.05, 0.1) is 38.0 Å². The van der Waals surface area contributed by atoms with Crippen molar-refractivity contribution in [2.75, 3.05) is 13.7 Å². The number of halogens is 1. The van der Waals surface area contributed by atoms with Crippen molar-refractivity contribution >= 4 is 12.1 Å². The first-order valence-electron chi connectivity index (χ1n) is 8.83. The fraction of sp³-hybridized carbons (Fsp3) is 0.143. The normalized spacial score (nSPS) is 10.7. The predicted molar refractivity (Wildman–Crippen MR) is 107 cm³/mol. The second-order valence-electron chi connectivity index (χ2n) is 5.81. The van der Waals surface area contributed by atoms with Crippen LogP contribution >= 0.6 is 0 Å². The second-order valence-corrected chi connectivity index (χ2v) is 5.81. The molecule has 0 saturated carbocycles. The Kier molecular flexibility index (Phi) is 6.47. The van der Waals surface area contributed by atoms with Crippen LogP contribution in [0.15, 0.2) is 60.0 Å². The van der Waals surface area contributed by atoms with E-state index in [0.717, 1.165) is 11.3 Å². The smallest absolute Gasteiger partial charge is 0.291 e. The maximum atomic E-state index is 14.1. The topological polar surface area (TPSA) is 85.7 Å². The number of nitrogens with zero attached hydrogens (tertiary/aromatic N) is 3. The number of hydrogen-bond acceptors (Lipinski definition) is 6. The van der Waals surface area contributed by atoms with Gasteiger partial charge in [0.1, 0.15) is 11.4 Å². The Labute approximate surface area is 167 Å². The van der Waals surface area contributed by atoms with E-state index in [1.807, 2.05) is 31.2 Å². The van der Waals surface area contributed by atoms with Crippen LogP contribution in [0.25, 0.3) is 11.3 Å². The number of ether oxygens (including phenoxy) is 2. The number of methoxy groups -OCH3 is 1. The third kappa shape index (κ3) is 4.92. The van der Waals surface area contributed by atoms with Crippen molar-refractivity contribution in [3.05, 3.63) is 71.9 Å². The predicted octanol–water partition coefficient (Wildman–Crippen LogP) is 3.45. The highest BCUT2D eigenvalue weighted by molar-refractivity contribution is 5.93. The summed E-state index contributed by atoms with van der Waals surface area (Å²) >= 11 is 0. The van der Waals surface area contributed by atoms with Gasteiger partial charge in [0.15, 0.2) is 11.6 Å². The van der Waals surface area contributed by atoms with Gasteiger partial charge in [-0.3, -0.25) is 9.78 Å². The zero-order chi connectivity index (χ0) is 20.6. The van der Waals surface area contributed by atoms with Crippen molar-refractivity contribution in [2.45, 2.75) is 6.92 Å². The molecule has 0 aliphatic heterocycles. The molecule has 1 heterocycles. The molecule has 0 aliphatic rings. The van der Waals surface area contributed by atoms with E-state index in [9.17, 15) is 9.18 Å². The van der Waals surface area contributed by atoms with Crippen LogP contribution in [0, 0.1) is 5.82 Å². The largest absolute Gasteiger partial charge is 0.494 e. The number of benzene rings is 2. The van der Waals surface area contributed by atoms with Crippen molar-refractivity contribution in [1.29, 1.82) is 0 Å². The van der Waals surface area contributed by atoms with Gasteiger partial charge >= 0.3 is 0 Å². The molecule has 0 saturated heterocycles. The summed E-state index contributed by atoms with van der Waals surface area (Å²) in [6.07, 6.45) is 4.08. The second kappa shape index (κ2) is 9.41. The minimum absolute atomic E-state index is 0.0830. The summed E-state index contributed by atoms with van der Waals surface area (Å²) in [7, 11) is 1.37. The highest BCUT2D eigenvalue weighted by Crippen LogP contribution is 2.20. The van der Waals surface area contributed by atoms with Crippen molar-refractivity contribution in [2.24, 2.45) is 5.10 Å². The van der Waals surface area contributed by atoms with Gasteiger partial charge < -0.3 is 9.47 Å². The van der Waals surface area contributed by atoms with Gasteiger partial charge in [-0.2, -0.15) is 5.10 Å². The Morgan fingerprint density at radius 2 is 2.00 bits per heavy atom. The van der Waals surface area contributed by atoms with E-state index in [0.29, 0.717) is 12.3 Å². The van der Waals surface area contributed by atoms with Crippen LogP contribution in [-0.2, 0) is 0 Å². The first kappa shape index (κ1) is 19.9. The lowest BCUT2D eigenvalue weighted by molar-refractivity contribution is 0.0950. The fourth-order valence-electron chi connectivity index (χ4n) is 2.51. The molecule has 2 aromatic carbocycles. The summed E-state index contributed by atoms with van der Waals surface area (Å²) in [6.45, 7) is 2.49. The number of amides is 1. The van der Waals surface area contributed by atoms with Crippen molar-refractivity contribution in [3.63, 3.8) is 0 Å². The molecule has 0 bridgehead atoms. The first-order valence-corrected chi connectivity index (χ1v) is 8.83. The minimum Gasteiger partial charge on any atom is -0.494 e. The molecule has 8 heteroatoms. The molecule has 148 valence electrons. The van der Waals surface area contributed by atoms with Crippen molar-refractivity contribution in [3.8, 4) is 22.8 Å². The van der Waals surface area contributed by atoms with Crippen LogP contribution < -0.4 is 14.9 Å². The number of rotatable bonds is 7. The molecule has 1 aromatic heterocycles. The molecule has 0 atom stereocenters. The first-order chi connectivity index (χ1) is 14.1. The van der Waals surface area contributed by atoms with Crippen LogP contribution in [0.5, 0.6) is 11.5 Å². The van der Waals surface area contributed by atoms with Gasteiger partial charge in [-0.15, -0.1) is 0 Å². The number of nitrogens with one attached hydrogen (secondary N) is 1. The lowest BCUT2D eigenvalue weighted by Crippen LogP contribution is -2.19. The van der Waals surface area contributed by atoms with Crippen LogP contribution in [-0.4, -0.2) is 35.8 Å². The van der Waals surface area contributed by atoms with E-state index in [2.05, 4.69) is 20.5 Å². The maximum Gasteiger partial charge on any atom is 0.291 e. The Hall–Kier alpha value is -3.81. The molecule has 3 rings (SSSR count). The maximum absolute atomic E-state index is 14.1. The van der Waals surface area contributed by atoms with Gasteiger partial charge in [-0.1, -0.05) is 12.1 Å². The Balaban J connectivity index is 1.71. The molecular formula is C21H19FN4O3. The van der Waals surface area contributed by atoms with Crippen LogP contribution in [0.1, 0.15) is 23.0 Å². The number of aromatic nitrogens is 2. The van der Waals surface area contributed by atoms with Gasteiger partial charge in [-0.25, -0.2) is 14.8 Å². The van der Waals surface area contributed by atoms with E-state index in [1.165, 1.54) is 31.7 Å². The van der Waals surface area contributed by atoms with E-state index in [-0.39, 0.29) is 17.0 Å². The summed E-state index contributed by atoms with van der Waals surface area (Å²) in [5.41, 5.74) is 3.90. The quantitative estimate of drug-likeness (QED) is 0.490. The standard InChI is InChI=1S/C21H19FN4O3/c1-3-29-16-9-7-14(8-10-16)17-12-23-13-18(25-17)21(27)26-24-11-15-5-4-6-19(28-2)20(15)22/h4-13H,3H2,1-2H3,(H,26,27)/b24-11+. The Morgan fingerprint density at radius 1 is 1.21 bits per heavy atom. The van der Waals surface area contributed by atoms with Gasteiger partial charge in [0, 0.05) is 11.1 Å². The summed E-state index contributed by atoms with van der Waals surface area (Å²) in [5.74, 6) is -0.290. The third-order valence-corrected chi connectivity index (χ3v) is 3.91. The lowest BCUT2D eigenvalue weighted by Gasteiger charge is -2.06. The molecule has 29 heavy (non-hydrogen) atoms. The van der Waals surface area contributed by atoms with Gasteiger partial charge in [0.2, 0.25) is 0 Å². The molecule has 7 nitrogen and oxygen atoms in total. The number of carbonyl (C=O) groups excluding carboxylic acids is 1. The van der Waals surface area contributed by atoms with E-state index in [1.54, 1.807) is 12.3 Å². The van der Waals surface area contributed by atoms with Gasteiger partial charge in [0.25, 0.3) is 5.91 Å². The summed E-state index contributed by atoms with van der Waals surface area (Å²) < 4.78 is 24.4. The van der Waals surface area contributed by atoms with Crippen LogP contribution in [0.4, 0.5) is 4.39 Å². The average Bonchev–Trinajstić information content (AvgIpc) is 2.76. The Bertz CT molecular complexity index is 1020. The highest BCUT2D eigenvalue weighted by atomic mass is 19.1. The highest BCUT2D eigenvalue weighted by Gasteiger charge is 2.10. The molecule has 0 aliphatic carbocycles. The summed E-state index contributed by atoms with van der Waals surface area (Å²) in [6, 6.07) is 11.9. The van der Waals surface area contributed by atoms with E-state index >= 15 is 0 Å². The Morgan fingerprint density at radius 3 is 2.72 bits per heavy atom. The van der Waals surface area contributed by atoms with E-state index in [4.69, 9.17) is 9.47 Å². The average molecular weight is 394 g/mol. The zero-order valence-electron chi connectivity index (χ0n) is 15.9. The summed E-state index contributed by atoms with van der Waals surface area (Å²) in [4.78, 5) is 20.7. The third-order valence-electron chi connectivity index (χ3n) is 3.91. The number of hydrogen-bond donors (Lipinski definition) is 1. The molecule has 0 radical (unpaired) electrons. The van der Waals surface area contributed by atoms with Crippen LogP contribution in [0.3, 0.4) is 0 Å². The molecule has 1 amide bonds.